The van der Waals surface area contributed by atoms with Crippen LogP contribution in [0.5, 0.6) is 5.75 Å². The number of carbonyl (C=O) groups excluding carboxylic acids is 2. The van der Waals surface area contributed by atoms with Crippen molar-refractivity contribution in [3.05, 3.63) is 91.4 Å². The topological polar surface area (TPSA) is 91.2 Å². The molecule has 3 aromatic carbocycles. The monoisotopic (exact) mass is 595 g/mol. The van der Waals surface area contributed by atoms with E-state index in [1.54, 1.807) is 18.2 Å². The molecule has 0 saturated heterocycles. The van der Waals surface area contributed by atoms with E-state index in [4.69, 9.17) is 4.74 Å². The smallest absolute Gasteiger partial charge is 0.266 e. The number of halogens is 2. The molecule has 0 atom stereocenters. The molecule has 178 valence electrons. The molecule has 0 spiro atoms. The van der Waals surface area contributed by atoms with Crippen LogP contribution in [-0.2, 0) is 9.59 Å². The van der Waals surface area contributed by atoms with E-state index in [2.05, 4.69) is 42.5 Å². The predicted octanol–water partition coefficient (Wildman–Crippen LogP) is 6.70. The molecule has 3 aromatic rings. The first-order valence-corrected chi connectivity index (χ1v) is 12.2. The first kappa shape index (κ1) is 26.2. The minimum atomic E-state index is -0.506. The fourth-order valence-corrected chi connectivity index (χ4v) is 4.68. The summed E-state index contributed by atoms with van der Waals surface area (Å²) in [6.07, 6.45) is 1.48. The minimum absolute atomic E-state index is 0.0492. The second-order valence-corrected chi connectivity index (χ2v) is 9.67. The quantitative estimate of drug-likeness (QED) is 0.234. The molecular formula is C27H23Br2N3O3. The highest BCUT2D eigenvalue weighted by Gasteiger charge is 2.14. The molecule has 6 nitrogen and oxygen atoms in total. The van der Waals surface area contributed by atoms with Gasteiger partial charge in [0.05, 0.1) is 8.95 Å². The number of amides is 2. The molecule has 3 rings (SSSR count). The van der Waals surface area contributed by atoms with Gasteiger partial charge in [-0.25, -0.2) is 0 Å². The number of ether oxygens (including phenoxy) is 1. The summed E-state index contributed by atoms with van der Waals surface area (Å²) in [5.41, 5.74) is 4.91. The van der Waals surface area contributed by atoms with Gasteiger partial charge in [-0.05, 0) is 111 Å². The number of rotatable bonds is 7. The lowest BCUT2D eigenvalue weighted by atomic mass is 10.1. The molecule has 0 aromatic heterocycles. The first-order chi connectivity index (χ1) is 16.7. The van der Waals surface area contributed by atoms with Gasteiger partial charge >= 0.3 is 0 Å². The van der Waals surface area contributed by atoms with Crippen molar-refractivity contribution >= 4 is 61.1 Å². The fraction of sp³-hybridized carbons (Fsp3) is 0.148. The zero-order valence-corrected chi connectivity index (χ0v) is 22.6. The van der Waals surface area contributed by atoms with Gasteiger partial charge < -0.3 is 15.4 Å². The second-order valence-electron chi connectivity index (χ2n) is 7.96. The van der Waals surface area contributed by atoms with Crippen molar-refractivity contribution in [1.29, 1.82) is 5.26 Å². The largest absolute Gasteiger partial charge is 0.481 e. The number of hydrogen-bond acceptors (Lipinski definition) is 4. The lowest BCUT2D eigenvalue weighted by molar-refractivity contribution is -0.118. The Bertz CT molecular complexity index is 1340. The van der Waals surface area contributed by atoms with E-state index in [1.165, 1.54) is 6.08 Å². The third-order valence-electron chi connectivity index (χ3n) is 4.99. The molecule has 0 heterocycles. The van der Waals surface area contributed by atoms with Crippen LogP contribution in [-0.4, -0.2) is 18.4 Å². The van der Waals surface area contributed by atoms with Gasteiger partial charge in [0.15, 0.2) is 6.61 Å². The van der Waals surface area contributed by atoms with Crippen molar-refractivity contribution in [2.24, 2.45) is 0 Å². The van der Waals surface area contributed by atoms with Crippen molar-refractivity contribution in [3.8, 4) is 11.8 Å². The van der Waals surface area contributed by atoms with E-state index < -0.39 is 5.91 Å². The highest BCUT2D eigenvalue weighted by molar-refractivity contribution is 9.11. The Morgan fingerprint density at radius 1 is 0.971 bits per heavy atom. The highest BCUT2D eigenvalue weighted by Crippen LogP contribution is 2.35. The standard InChI is InChI=1S/C27H23Br2N3O3/c1-16-5-4-6-21(9-16)31-27(34)20(14-30)11-19-12-22(28)26(23(29)13-19)35-15-25(33)32-24-10-17(2)7-8-18(24)3/h4-13H,15H2,1-3H3,(H,31,34)(H,32,33)/b20-11+. The molecule has 0 unspecified atom stereocenters. The molecule has 0 aliphatic carbocycles. The Morgan fingerprint density at radius 2 is 1.66 bits per heavy atom. The SMILES string of the molecule is Cc1cccc(NC(=O)/C(C#N)=C/c2cc(Br)c(OCC(=O)Nc3cc(C)ccc3C)c(Br)c2)c1. The minimum Gasteiger partial charge on any atom is -0.481 e. The summed E-state index contributed by atoms with van der Waals surface area (Å²) in [6.45, 7) is 5.61. The molecule has 35 heavy (non-hydrogen) atoms. The van der Waals surface area contributed by atoms with E-state index in [0.717, 1.165) is 22.4 Å². The van der Waals surface area contributed by atoms with Crippen molar-refractivity contribution in [2.45, 2.75) is 20.8 Å². The Morgan fingerprint density at radius 3 is 2.31 bits per heavy atom. The molecule has 0 saturated carbocycles. The number of aryl methyl sites for hydroxylation is 3. The first-order valence-electron chi connectivity index (χ1n) is 10.6. The number of nitrogens with one attached hydrogen (secondary N) is 2. The summed E-state index contributed by atoms with van der Waals surface area (Å²) in [6, 6.07) is 18.5. The van der Waals surface area contributed by atoms with E-state index in [-0.39, 0.29) is 18.1 Å². The number of hydrogen-bond donors (Lipinski definition) is 2. The third-order valence-corrected chi connectivity index (χ3v) is 6.17. The predicted molar refractivity (Wildman–Crippen MR) is 145 cm³/mol. The van der Waals surface area contributed by atoms with Crippen molar-refractivity contribution < 1.29 is 14.3 Å². The van der Waals surface area contributed by atoms with E-state index >= 15 is 0 Å². The van der Waals surface area contributed by atoms with Crippen LogP contribution < -0.4 is 15.4 Å². The van der Waals surface area contributed by atoms with Gasteiger partial charge in [0, 0.05) is 11.4 Å². The van der Waals surface area contributed by atoms with Crippen LogP contribution in [0.3, 0.4) is 0 Å². The average molecular weight is 597 g/mol. The van der Waals surface area contributed by atoms with Crippen LogP contribution >= 0.6 is 31.9 Å². The average Bonchev–Trinajstić information content (AvgIpc) is 2.79. The summed E-state index contributed by atoms with van der Waals surface area (Å²) in [7, 11) is 0. The van der Waals surface area contributed by atoms with Gasteiger partial charge in [0.2, 0.25) is 0 Å². The normalized spacial score (nSPS) is 10.9. The number of benzene rings is 3. The molecular weight excluding hydrogens is 574 g/mol. The number of nitriles is 1. The summed E-state index contributed by atoms with van der Waals surface area (Å²) in [5.74, 6) is -0.365. The molecule has 0 fully saturated rings. The summed E-state index contributed by atoms with van der Waals surface area (Å²) in [5, 5.41) is 15.1. The number of carbonyl (C=O) groups is 2. The summed E-state index contributed by atoms with van der Waals surface area (Å²) >= 11 is 6.89. The van der Waals surface area contributed by atoms with Crippen molar-refractivity contribution in [1.82, 2.24) is 0 Å². The van der Waals surface area contributed by atoms with Gasteiger partial charge in [0.25, 0.3) is 11.8 Å². The Kier molecular flexibility index (Phi) is 8.85. The van der Waals surface area contributed by atoms with Crippen LogP contribution in [0, 0.1) is 32.1 Å². The van der Waals surface area contributed by atoms with Crippen LogP contribution in [0.1, 0.15) is 22.3 Å². The summed E-state index contributed by atoms with van der Waals surface area (Å²) in [4.78, 5) is 25.0. The van der Waals surface area contributed by atoms with Crippen LogP contribution in [0.4, 0.5) is 11.4 Å². The zero-order valence-electron chi connectivity index (χ0n) is 19.4. The van der Waals surface area contributed by atoms with Crippen LogP contribution in [0.15, 0.2) is 69.1 Å². The summed E-state index contributed by atoms with van der Waals surface area (Å²) < 4.78 is 6.85. The van der Waals surface area contributed by atoms with E-state index in [0.29, 0.717) is 25.9 Å². The lowest BCUT2D eigenvalue weighted by Crippen LogP contribution is -2.21. The van der Waals surface area contributed by atoms with Crippen molar-refractivity contribution in [2.75, 3.05) is 17.2 Å². The second kappa shape index (κ2) is 11.8. The molecule has 8 heteroatoms. The maximum atomic E-state index is 12.6. The van der Waals surface area contributed by atoms with E-state index in [1.807, 2.05) is 63.2 Å². The Balaban J connectivity index is 1.70. The molecule has 0 aliphatic rings. The zero-order chi connectivity index (χ0) is 25.5. The third kappa shape index (κ3) is 7.28. The number of nitrogens with zero attached hydrogens (tertiary/aromatic N) is 1. The lowest BCUT2D eigenvalue weighted by Gasteiger charge is -2.13. The van der Waals surface area contributed by atoms with E-state index in [9.17, 15) is 14.9 Å². The van der Waals surface area contributed by atoms with Gasteiger partial charge in [0.1, 0.15) is 17.4 Å². The maximum Gasteiger partial charge on any atom is 0.266 e. The molecule has 0 bridgehead atoms. The maximum absolute atomic E-state index is 12.6. The van der Waals surface area contributed by atoms with Gasteiger partial charge in [-0.3, -0.25) is 9.59 Å². The Hall–Kier alpha value is -3.41. The molecule has 2 amide bonds. The van der Waals surface area contributed by atoms with Gasteiger partial charge in [-0.15, -0.1) is 0 Å². The van der Waals surface area contributed by atoms with Gasteiger partial charge in [-0.2, -0.15) is 5.26 Å². The molecule has 0 aliphatic heterocycles. The fourth-order valence-electron chi connectivity index (χ4n) is 3.23. The highest BCUT2D eigenvalue weighted by atomic mass is 79.9. The van der Waals surface area contributed by atoms with Gasteiger partial charge in [-0.1, -0.05) is 24.3 Å². The Labute approximate surface area is 221 Å². The number of anilines is 2. The molecule has 2 N–H and O–H groups in total. The molecule has 0 radical (unpaired) electrons. The van der Waals surface area contributed by atoms with Crippen molar-refractivity contribution in [3.63, 3.8) is 0 Å². The van der Waals surface area contributed by atoms with Crippen LogP contribution in [0.25, 0.3) is 6.08 Å². The van der Waals surface area contributed by atoms with Crippen LogP contribution in [0.2, 0.25) is 0 Å².